The Morgan fingerprint density at radius 3 is 2.33 bits per heavy atom. The highest BCUT2D eigenvalue weighted by Crippen LogP contribution is 2.32. The largest absolute Gasteiger partial charge is 0.484 e. The molecular formula is C30H30N4O5. The summed E-state index contributed by atoms with van der Waals surface area (Å²) in [4.78, 5) is 27.7. The van der Waals surface area contributed by atoms with Gasteiger partial charge in [-0.1, -0.05) is 54.6 Å². The Morgan fingerprint density at radius 2 is 1.67 bits per heavy atom. The second-order valence-electron chi connectivity index (χ2n) is 10.1. The van der Waals surface area contributed by atoms with Gasteiger partial charge in [0.05, 0.1) is 13.1 Å². The zero-order valence-corrected chi connectivity index (χ0v) is 21.5. The molecule has 0 bridgehead atoms. The van der Waals surface area contributed by atoms with E-state index in [2.05, 4.69) is 29.6 Å². The number of rotatable bonds is 6. The Balaban J connectivity index is 1.01. The standard InChI is InChI=1S/C30H30N4O5/c31-28-34(24-10-6-22(7-11-24)21-4-2-1-3-5-21)18-26(38-28)23-8-12-25(13-9-23)37-19-27(35)33-16-14-30(15-17-33)20-32-29(36)39-30/h1-13,26,31H,14-20H2,(H,32,36). The zero-order valence-electron chi connectivity index (χ0n) is 21.5. The molecule has 9 nitrogen and oxygen atoms in total. The Kier molecular flexibility index (Phi) is 6.56. The maximum atomic E-state index is 12.7. The molecule has 3 aromatic rings. The van der Waals surface area contributed by atoms with Crippen LogP contribution in [0, 0.1) is 5.41 Å². The van der Waals surface area contributed by atoms with Gasteiger partial charge in [0.2, 0.25) is 0 Å². The second-order valence-corrected chi connectivity index (χ2v) is 10.1. The molecule has 39 heavy (non-hydrogen) atoms. The summed E-state index contributed by atoms with van der Waals surface area (Å²) in [7, 11) is 0. The van der Waals surface area contributed by atoms with E-state index in [0.717, 1.165) is 22.4 Å². The van der Waals surface area contributed by atoms with Crippen molar-refractivity contribution in [2.24, 2.45) is 0 Å². The molecule has 1 unspecified atom stereocenters. The highest BCUT2D eigenvalue weighted by atomic mass is 16.6. The molecule has 0 aliphatic carbocycles. The molecule has 2 amide bonds. The molecule has 2 N–H and O–H groups in total. The highest BCUT2D eigenvalue weighted by molar-refractivity contribution is 5.92. The molecule has 0 saturated carbocycles. The van der Waals surface area contributed by atoms with Crippen LogP contribution in [0.3, 0.4) is 0 Å². The topological polar surface area (TPSA) is 104 Å². The summed E-state index contributed by atoms with van der Waals surface area (Å²) in [6.45, 7) is 2.05. The van der Waals surface area contributed by atoms with E-state index in [1.807, 2.05) is 59.5 Å². The first-order chi connectivity index (χ1) is 19.0. The molecule has 3 heterocycles. The number of amides is 2. The third-order valence-corrected chi connectivity index (χ3v) is 7.64. The number of nitrogens with zero attached hydrogens (tertiary/aromatic N) is 2. The number of hydrogen-bond donors (Lipinski definition) is 2. The molecule has 3 aliphatic heterocycles. The predicted molar refractivity (Wildman–Crippen MR) is 146 cm³/mol. The number of piperidine rings is 1. The highest BCUT2D eigenvalue weighted by Gasteiger charge is 2.43. The van der Waals surface area contributed by atoms with Crippen LogP contribution in [-0.4, -0.2) is 61.3 Å². The lowest BCUT2D eigenvalue weighted by molar-refractivity contribution is -0.136. The van der Waals surface area contributed by atoms with E-state index in [-0.39, 0.29) is 30.7 Å². The van der Waals surface area contributed by atoms with Crippen molar-refractivity contribution in [3.8, 4) is 16.9 Å². The number of likely N-dealkylation sites (tertiary alicyclic amines) is 1. The lowest BCUT2D eigenvalue weighted by Gasteiger charge is -2.37. The van der Waals surface area contributed by atoms with Crippen molar-refractivity contribution in [3.05, 3.63) is 84.4 Å². The smallest absolute Gasteiger partial charge is 0.407 e. The average molecular weight is 527 g/mol. The molecule has 200 valence electrons. The fourth-order valence-corrected chi connectivity index (χ4v) is 5.30. The van der Waals surface area contributed by atoms with Crippen LogP contribution in [0.4, 0.5) is 10.5 Å². The first kappa shape index (κ1) is 24.8. The first-order valence-electron chi connectivity index (χ1n) is 13.1. The van der Waals surface area contributed by atoms with Gasteiger partial charge in [-0.3, -0.25) is 15.1 Å². The van der Waals surface area contributed by atoms with E-state index in [1.165, 1.54) is 0 Å². The molecule has 3 aromatic carbocycles. The summed E-state index contributed by atoms with van der Waals surface area (Å²) in [6.07, 6.45) is 0.585. The van der Waals surface area contributed by atoms with Crippen molar-refractivity contribution in [2.75, 3.05) is 37.7 Å². The van der Waals surface area contributed by atoms with Crippen LogP contribution in [-0.2, 0) is 14.3 Å². The van der Waals surface area contributed by atoms with Crippen LogP contribution < -0.4 is 15.0 Å². The van der Waals surface area contributed by atoms with Crippen molar-refractivity contribution in [2.45, 2.75) is 24.5 Å². The first-order valence-corrected chi connectivity index (χ1v) is 13.1. The molecule has 3 saturated heterocycles. The van der Waals surface area contributed by atoms with E-state index in [4.69, 9.17) is 19.6 Å². The summed E-state index contributed by atoms with van der Waals surface area (Å²) >= 11 is 0. The Morgan fingerprint density at radius 1 is 0.974 bits per heavy atom. The number of benzene rings is 3. The van der Waals surface area contributed by atoms with Gasteiger partial charge in [-0.2, -0.15) is 0 Å². The summed E-state index contributed by atoms with van der Waals surface area (Å²) in [5, 5.41) is 11.1. The van der Waals surface area contributed by atoms with Crippen molar-refractivity contribution in [3.63, 3.8) is 0 Å². The lowest BCUT2D eigenvalue weighted by Crippen LogP contribution is -2.49. The molecular weight excluding hydrogens is 496 g/mol. The molecule has 3 fully saturated rings. The van der Waals surface area contributed by atoms with E-state index in [0.29, 0.717) is 44.8 Å². The van der Waals surface area contributed by atoms with Crippen LogP contribution in [0.1, 0.15) is 24.5 Å². The number of anilines is 1. The van der Waals surface area contributed by atoms with E-state index in [1.54, 1.807) is 4.90 Å². The maximum Gasteiger partial charge on any atom is 0.407 e. The van der Waals surface area contributed by atoms with Gasteiger partial charge in [0.15, 0.2) is 6.61 Å². The van der Waals surface area contributed by atoms with Gasteiger partial charge >= 0.3 is 6.09 Å². The third kappa shape index (κ3) is 5.25. The van der Waals surface area contributed by atoms with Crippen molar-refractivity contribution in [1.29, 1.82) is 5.41 Å². The normalized spacial score (nSPS) is 19.9. The van der Waals surface area contributed by atoms with Crippen LogP contribution in [0.25, 0.3) is 11.1 Å². The lowest BCUT2D eigenvalue weighted by atomic mass is 9.91. The Bertz CT molecular complexity index is 1350. The number of alkyl carbamates (subject to hydrolysis) is 1. The average Bonchev–Trinajstić information content (AvgIpc) is 3.55. The van der Waals surface area contributed by atoms with Gasteiger partial charge < -0.3 is 24.4 Å². The number of carbonyl (C=O) groups excluding carboxylic acids is 2. The van der Waals surface area contributed by atoms with Crippen LogP contribution in [0.15, 0.2) is 78.9 Å². The molecule has 0 aromatic heterocycles. The summed E-state index contributed by atoms with van der Waals surface area (Å²) in [5.74, 6) is 0.503. The summed E-state index contributed by atoms with van der Waals surface area (Å²) in [6, 6.07) is 25.9. The molecule has 1 spiro atoms. The minimum absolute atomic E-state index is 0.0539. The number of amidine groups is 1. The van der Waals surface area contributed by atoms with E-state index >= 15 is 0 Å². The van der Waals surface area contributed by atoms with Gasteiger partial charge in [-0.25, -0.2) is 4.79 Å². The Labute approximate surface area is 226 Å². The minimum atomic E-state index is -0.482. The van der Waals surface area contributed by atoms with Gasteiger partial charge in [-0.15, -0.1) is 0 Å². The monoisotopic (exact) mass is 526 g/mol. The van der Waals surface area contributed by atoms with E-state index in [9.17, 15) is 9.59 Å². The fourth-order valence-electron chi connectivity index (χ4n) is 5.30. The molecule has 0 radical (unpaired) electrons. The zero-order chi connectivity index (χ0) is 26.8. The van der Waals surface area contributed by atoms with E-state index < -0.39 is 5.60 Å². The summed E-state index contributed by atoms with van der Waals surface area (Å²) < 4.78 is 17.0. The number of hydrogen-bond acceptors (Lipinski definition) is 6. The molecule has 3 aliphatic rings. The van der Waals surface area contributed by atoms with Crippen LogP contribution in [0.2, 0.25) is 0 Å². The number of nitrogens with one attached hydrogen (secondary N) is 2. The van der Waals surface area contributed by atoms with Crippen molar-refractivity contribution >= 4 is 23.7 Å². The minimum Gasteiger partial charge on any atom is -0.484 e. The SMILES string of the molecule is N=C1OC(c2ccc(OCC(=O)N3CCC4(CC3)CNC(=O)O4)cc2)CN1c1ccc(-c2ccccc2)cc1. The summed E-state index contributed by atoms with van der Waals surface area (Å²) in [5.41, 5.74) is 3.63. The van der Waals surface area contributed by atoms with Gasteiger partial charge in [0, 0.05) is 31.6 Å². The van der Waals surface area contributed by atoms with Gasteiger partial charge in [0.1, 0.15) is 17.5 Å². The van der Waals surface area contributed by atoms with Gasteiger partial charge in [-0.05, 0) is 41.0 Å². The molecule has 1 atom stereocenters. The molecule has 9 heteroatoms. The van der Waals surface area contributed by atoms with Crippen LogP contribution >= 0.6 is 0 Å². The number of carbonyl (C=O) groups is 2. The van der Waals surface area contributed by atoms with Crippen molar-refractivity contribution < 1.29 is 23.8 Å². The quantitative estimate of drug-likeness (QED) is 0.495. The number of ether oxygens (including phenoxy) is 3. The van der Waals surface area contributed by atoms with Crippen molar-refractivity contribution in [1.82, 2.24) is 10.2 Å². The third-order valence-electron chi connectivity index (χ3n) is 7.64. The maximum absolute atomic E-state index is 12.7. The fraction of sp³-hybridized carbons (Fsp3) is 0.300. The second kappa shape index (κ2) is 10.3. The Hall–Kier alpha value is -4.53. The predicted octanol–water partition coefficient (Wildman–Crippen LogP) is 4.35. The molecule has 6 rings (SSSR count). The van der Waals surface area contributed by atoms with Crippen LogP contribution in [0.5, 0.6) is 5.75 Å². The van der Waals surface area contributed by atoms with Gasteiger partial charge in [0.25, 0.3) is 11.9 Å².